The molecule has 7 heteroatoms. The number of ether oxygens (including phenoxy) is 1. The highest BCUT2D eigenvalue weighted by Gasteiger charge is 2.21. The maximum absolute atomic E-state index is 11.6. The van der Waals surface area contributed by atoms with E-state index < -0.39 is 28.7 Å². The molecule has 0 saturated carbocycles. The minimum absolute atomic E-state index is 0.107. The van der Waals surface area contributed by atoms with Gasteiger partial charge in [0, 0.05) is 6.42 Å². The molecule has 1 aromatic carbocycles. The summed E-state index contributed by atoms with van der Waals surface area (Å²) in [6.07, 6.45) is 0.596. The highest BCUT2D eigenvalue weighted by molar-refractivity contribution is 9.10. The maximum Gasteiger partial charge on any atom is 0.326 e. The highest BCUT2D eigenvalue weighted by atomic mass is 79.9. The van der Waals surface area contributed by atoms with Crippen LogP contribution in [0.25, 0.3) is 0 Å². The Labute approximate surface area is 143 Å². The molecule has 23 heavy (non-hydrogen) atoms. The Kier molecular flexibility index (Phi) is 8.32. The van der Waals surface area contributed by atoms with Crippen molar-refractivity contribution in [2.75, 3.05) is 0 Å². The number of carboxylic acids is 1. The average molecular weight is 386 g/mol. The molecule has 1 rings (SSSR count). The Morgan fingerprint density at radius 3 is 2.48 bits per heavy atom. The zero-order valence-corrected chi connectivity index (χ0v) is 14.4. The molecule has 1 aromatic rings. The fourth-order valence-electron chi connectivity index (χ4n) is 1.80. The van der Waals surface area contributed by atoms with E-state index >= 15 is 0 Å². The number of hydrogen-bond acceptors (Lipinski definition) is 4. The van der Waals surface area contributed by atoms with Gasteiger partial charge in [-0.3, -0.25) is 9.59 Å². The molecular formula is C16H20BrNO5. The minimum atomic E-state index is -1.12. The van der Waals surface area contributed by atoms with E-state index in [0.717, 1.165) is 5.56 Å². The second-order valence-electron chi connectivity index (χ2n) is 5.05. The van der Waals surface area contributed by atoms with Crippen LogP contribution in [0.15, 0.2) is 30.3 Å². The first-order valence-electron chi connectivity index (χ1n) is 7.27. The maximum atomic E-state index is 11.6. The number of benzene rings is 1. The molecule has 0 heterocycles. The largest absolute Gasteiger partial charge is 0.480 e. The summed E-state index contributed by atoms with van der Waals surface area (Å²) < 4.78 is 5.11. The normalized spacial score (nSPS) is 13.0. The summed E-state index contributed by atoms with van der Waals surface area (Å²) in [6.45, 7) is 1.80. The van der Waals surface area contributed by atoms with Crippen molar-refractivity contribution >= 4 is 33.8 Å². The van der Waals surface area contributed by atoms with E-state index in [1.54, 1.807) is 6.92 Å². The first kappa shape index (κ1) is 19.2. The molecule has 0 saturated heterocycles. The Morgan fingerprint density at radius 2 is 1.91 bits per heavy atom. The van der Waals surface area contributed by atoms with Crippen LogP contribution >= 0.6 is 15.9 Å². The van der Waals surface area contributed by atoms with Gasteiger partial charge in [0.15, 0.2) is 0 Å². The molecule has 0 aliphatic rings. The quantitative estimate of drug-likeness (QED) is 0.502. The van der Waals surface area contributed by atoms with Crippen molar-refractivity contribution in [1.82, 2.24) is 5.32 Å². The molecule has 1 amide bonds. The van der Waals surface area contributed by atoms with E-state index in [-0.39, 0.29) is 19.4 Å². The zero-order valence-electron chi connectivity index (χ0n) is 12.8. The lowest BCUT2D eigenvalue weighted by Gasteiger charge is -2.15. The van der Waals surface area contributed by atoms with Crippen LogP contribution < -0.4 is 5.32 Å². The van der Waals surface area contributed by atoms with E-state index in [1.807, 2.05) is 30.3 Å². The van der Waals surface area contributed by atoms with Crippen LogP contribution in [0.5, 0.6) is 0 Å². The van der Waals surface area contributed by atoms with E-state index in [9.17, 15) is 14.4 Å². The van der Waals surface area contributed by atoms with Gasteiger partial charge in [0.25, 0.3) is 0 Å². The molecular weight excluding hydrogens is 366 g/mol. The van der Waals surface area contributed by atoms with Gasteiger partial charge in [-0.1, -0.05) is 46.3 Å². The summed E-state index contributed by atoms with van der Waals surface area (Å²) in [6, 6.07) is 8.28. The van der Waals surface area contributed by atoms with E-state index in [4.69, 9.17) is 9.84 Å². The number of nitrogens with one attached hydrogen (secondary N) is 1. The molecule has 0 radical (unpaired) electrons. The van der Waals surface area contributed by atoms with Crippen molar-refractivity contribution in [2.24, 2.45) is 0 Å². The van der Waals surface area contributed by atoms with Gasteiger partial charge in [0.1, 0.15) is 12.6 Å². The number of amides is 1. The standard InChI is InChI=1S/C16H20BrNO5/c1-11(17)15(20)18-13(16(21)22)8-5-9-14(19)23-10-12-6-3-2-4-7-12/h2-4,6-7,11,13H,5,8-10H2,1H3,(H,18,20)(H,21,22). The second-order valence-corrected chi connectivity index (χ2v) is 6.43. The number of carbonyl (C=O) groups excluding carboxylic acids is 2. The van der Waals surface area contributed by atoms with Crippen molar-refractivity contribution < 1.29 is 24.2 Å². The Balaban J connectivity index is 2.31. The first-order valence-corrected chi connectivity index (χ1v) is 8.18. The third-order valence-electron chi connectivity index (χ3n) is 3.09. The van der Waals surface area contributed by atoms with Gasteiger partial charge < -0.3 is 15.2 Å². The van der Waals surface area contributed by atoms with Gasteiger partial charge in [0.05, 0.1) is 4.83 Å². The summed E-state index contributed by atoms with van der Waals surface area (Å²) in [5.74, 6) is -1.91. The number of halogens is 1. The fourth-order valence-corrected chi connectivity index (χ4v) is 1.94. The third-order valence-corrected chi connectivity index (χ3v) is 3.51. The number of aliphatic carboxylic acids is 1. The molecule has 0 bridgehead atoms. The summed E-state index contributed by atoms with van der Waals surface area (Å²) in [5.41, 5.74) is 0.892. The van der Waals surface area contributed by atoms with Crippen LogP contribution in [0.1, 0.15) is 31.7 Å². The van der Waals surface area contributed by atoms with E-state index in [1.165, 1.54) is 0 Å². The lowest BCUT2D eigenvalue weighted by Crippen LogP contribution is -2.43. The van der Waals surface area contributed by atoms with Crippen LogP contribution in [-0.2, 0) is 25.7 Å². The van der Waals surface area contributed by atoms with Crippen LogP contribution in [0, 0.1) is 0 Å². The summed E-state index contributed by atoms with van der Waals surface area (Å²) >= 11 is 3.07. The molecule has 6 nitrogen and oxygen atoms in total. The van der Waals surface area contributed by atoms with E-state index in [2.05, 4.69) is 21.2 Å². The van der Waals surface area contributed by atoms with Crippen LogP contribution in [0.2, 0.25) is 0 Å². The van der Waals surface area contributed by atoms with Gasteiger partial charge in [-0.05, 0) is 25.3 Å². The van der Waals surface area contributed by atoms with Crippen LogP contribution in [0.4, 0.5) is 0 Å². The zero-order chi connectivity index (χ0) is 17.2. The molecule has 2 unspecified atom stereocenters. The summed E-state index contributed by atoms with van der Waals surface area (Å²) in [5, 5.41) is 11.5. The van der Waals surface area contributed by atoms with Gasteiger partial charge in [-0.25, -0.2) is 4.79 Å². The highest BCUT2D eigenvalue weighted by Crippen LogP contribution is 2.07. The van der Waals surface area contributed by atoms with Gasteiger partial charge in [-0.2, -0.15) is 0 Å². The number of esters is 1. The van der Waals surface area contributed by atoms with Crippen molar-refractivity contribution in [2.45, 2.75) is 43.7 Å². The van der Waals surface area contributed by atoms with Crippen LogP contribution in [0.3, 0.4) is 0 Å². The van der Waals surface area contributed by atoms with Gasteiger partial charge in [0.2, 0.25) is 5.91 Å². The minimum Gasteiger partial charge on any atom is -0.480 e. The number of hydrogen-bond donors (Lipinski definition) is 2. The molecule has 0 aromatic heterocycles. The summed E-state index contributed by atoms with van der Waals surface area (Å²) in [7, 11) is 0. The predicted octanol–water partition coefficient (Wildman–Crippen LogP) is 2.25. The Morgan fingerprint density at radius 1 is 1.26 bits per heavy atom. The lowest BCUT2D eigenvalue weighted by atomic mass is 10.1. The first-order chi connectivity index (χ1) is 10.9. The molecule has 0 spiro atoms. The van der Waals surface area contributed by atoms with Gasteiger partial charge in [-0.15, -0.1) is 0 Å². The second kappa shape index (κ2) is 9.99. The third kappa shape index (κ3) is 7.78. The topological polar surface area (TPSA) is 92.7 Å². The molecule has 0 aliphatic heterocycles. The van der Waals surface area contributed by atoms with E-state index in [0.29, 0.717) is 6.42 Å². The van der Waals surface area contributed by atoms with Crippen molar-refractivity contribution in [3.05, 3.63) is 35.9 Å². The smallest absolute Gasteiger partial charge is 0.326 e. The number of alkyl halides is 1. The average Bonchev–Trinajstić information content (AvgIpc) is 2.52. The summed E-state index contributed by atoms with van der Waals surface area (Å²) in [4.78, 5) is 33.8. The van der Waals surface area contributed by atoms with Crippen molar-refractivity contribution in [3.63, 3.8) is 0 Å². The lowest BCUT2D eigenvalue weighted by molar-refractivity contribution is -0.146. The molecule has 0 fully saturated rings. The molecule has 2 atom stereocenters. The predicted molar refractivity (Wildman–Crippen MR) is 88.0 cm³/mol. The number of carbonyl (C=O) groups is 3. The molecule has 0 aliphatic carbocycles. The molecule has 126 valence electrons. The van der Waals surface area contributed by atoms with Crippen LogP contribution in [-0.4, -0.2) is 33.8 Å². The molecule has 2 N–H and O–H groups in total. The Hall–Kier alpha value is -1.89. The number of rotatable bonds is 9. The monoisotopic (exact) mass is 385 g/mol. The van der Waals surface area contributed by atoms with Crippen molar-refractivity contribution in [1.29, 1.82) is 0 Å². The number of carboxylic acid groups (broad SMARTS) is 1. The Bertz CT molecular complexity index is 533. The van der Waals surface area contributed by atoms with Crippen molar-refractivity contribution in [3.8, 4) is 0 Å². The van der Waals surface area contributed by atoms with Gasteiger partial charge >= 0.3 is 11.9 Å². The fraction of sp³-hybridized carbons (Fsp3) is 0.438. The SMILES string of the molecule is CC(Br)C(=O)NC(CCCC(=O)OCc1ccccc1)C(=O)O.